The van der Waals surface area contributed by atoms with Crippen molar-refractivity contribution in [1.29, 1.82) is 5.26 Å². The number of halogens is 4. The van der Waals surface area contributed by atoms with Gasteiger partial charge in [-0.25, -0.2) is 9.59 Å². The van der Waals surface area contributed by atoms with Gasteiger partial charge in [-0.2, -0.15) is 5.26 Å². The minimum Gasteiger partial charge on any atom is -0.478 e. The molecule has 9 atom stereocenters. The molecule has 606 valence electrons. The SMILES string of the molecule is CCOC(=O)C1=Cc2c(Cl)cncc2C1.N#C[C@H](C[C@@H]1CCCNC1=O)NC(=O)[C@H](CC1CC1)NC(=O)C1=Cc2c(Cl)cncc2C1.NC(=O)[C@H](C[C@@H]1CCCNC1=O)NC(=O)[C@@H](N)CC1CC1.NC(=O)[C@H](C[C@@H]1CCCNC1=O)NC(=O)[C@H](CC1CC1)NC(=O)C1=Cc2c(Cl)cncc2C1.O=C(O)C1=Cc2c(Cl)cncc2C1. The lowest BCUT2D eigenvalue weighted by molar-refractivity contribution is -0.138. The number of carbonyl (C=O) groups is 12. The summed E-state index contributed by atoms with van der Waals surface area (Å²) in [7, 11) is 0. The molecule has 0 radical (unpaired) electrons. The van der Waals surface area contributed by atoms with Crippen LogP contribution in [-0.2, 0) is 88.0 Å². The van der Waals surface area contributed by atoms with Crippen LogP contribution in [0.2, 0.25) is 20.1 Å². The number of carbonyl (C=O) groups excluding carboxylic acids is 11. The van der Waals surface area contributed by atoms with Gasteiger partial charge < -0.3 is 69.6 Å². The van der Waals surface area contributed by atoms with Crippen molar-refractivity contribution >= 4 is 142 Å². The second-order valence-corrected chi connectivity index (χ2v) is 31.7. The van der Waals surface area contributed by atoms with Gasteiger partial charge in [-0.15, -0.1) is 0 Å². The van der Waals surface area contributed by atoms with Crippen molar-refractivity contribution in [1.82, 2.24) is 62.5 Å². The van der Waals surface area contributed by atoms with Crippen LogP contribution in [0.25, 0.3) is 24.3 Å². The number of rotatable bonds is 27. The molecule has 0 unspecified atom stereocenters. The molecule has 34 heteroatoms. The van der Waals surface area contributed by atoms with Crippen molar-refractivity contribution in [3.63, 3.8) is 0 Å². The van der Waals surface area contributed by atoms with Crippen molar-refractivity contribution < 1.29 is 67.4 Å². The molecule has 10 amide bonds. The number of nitrogens with one attached hydrogen (secondary N) is 8. The molecule has 4 aromatic rings. The minimum atomic E-state index is -0.982. The average Bonchev–Trinajstić information content (AvgIpc) is 1.68. The van der Waals surface area contributed by atoms with Crippen LogP contribution in [0.5, 0.6) is 0 Å². The largest absolute Gasteiger partial charge is 0.478 e. The Kier molecular flexibility index (Phi) is 30.8. The number of nitrogens with two attached hydrogens (primary N) is 3. The Morgan fingerprint density at radius 3 is 1.17 bits per heavy atom. The third kappa shape index (κ3) is 24.7. The van der Waals surface area contributed by atoms with Crippen molar-refractivity contribution in [2.45, 2.75) is 184 Å². The predicted octanol–water partition coefficient (Wildman–Crippen LogP) is 5.73. The molecule has 3 saturated carbocycles. The van der Waals surface area contributed by atoms with E-state index in [-0.39, 0.29) is 84.3 Å². The van der Waals surface area contributed by atoms with E-state index in [4.69, 9.17) is 73.4 Å². The maximum Gasteiger partial charge on any atom is 0.334 e. The maximum absolute atomic E-state index is 13.1. The van der Waals surface area contributed by atoms with Gasteiger partial charge in [0.1, 0.15) is 30.2 Å². The van der Waals surface area contributed by atoms with Gasteiger partial charge in [0.15, 0.2) is 0 Å². The Balaban J connectivity index is 0.000000157. The summed E-state index contributed by atoms with van der Waals surface area (Å²) in [5.74, 6) is -4.34. The maximum atomic E-state index is 13.1. The third-order valence-corrected chi connectivity index (χ3v) is 22.4. The number of nitriles is 1. The monoisotopic (exact) mass is 1640 g/mol. The molecule has 3 aliphatic heterocycles. The Hall–Kier alpha value is -10.2. The number of aromatic nitrogens is 4. The molecule has 6 fully saturated rings. The Bertz CT molecular complexity index is 4540. The van der Waals surface area contributed by atoms with Crippen LogP contribution < -0.4 is 59.7 Å². The first-order valence-electron chi connectivity index (χ1n) is 38.5. The second-order valence-electron chi connectivity index (χ2n) is 30.1. The number of pyridine rings is 4. The molecule has 3 saturated heterocycles. The van der Waals surface area contributed by atoms with E-state index in [2.05, 4.69) is 68.5 Å². The normalized spacial score (nSPS) is 20.1. The number of esters is 1. The van der Waals surface area contributed by atoms with E-state index in [1.54, 1.807) is 62.2 Å². The predicted molar refractivity (Wildman–Crippen MR) is 423 cm³/mol. The molecule has 114 heavy (non-hydrogen) atoms. The van der Waals surface area contributed by atoms with Crippen LogP contribution in [0.4, 0.5) is 0 Å². The standard InChI is InChI=1S/C23H28ClN5O4.C23H26ClN5O3.C14H24N4O3.C11H10ClNO2.C9H6ClNO2/c24-17-11-26-10-15-7-14(8-16(15)17)22(32)29-19(6-12-3-4-12)23(33)28-18(20(25)30)9-13-2-1-5-27-21(13)31;24-19-12-26-11-16-7-15(9-18(16)19)22(31)29-20(6-13-3-4-13)23(32)28-17(10-25)8-14-2-1-5-27-21(14)30;15-10(6-8-3-4-8)14(21)18-11(12(16)19)7-9-2-1-5-17-13(9)20;1-2-15-11(14)7-3-8-5-13-6-10(12)9(8)4-7;10-8-4-11-3-6-1-5(9(12)13)2-7(6)8/h8,10-13,18-19H,1-7,9H2,(H2,25,30)(H,27,31)(H,28,33)(H,29,32);9,11-14,17,20H,1-8H2,(H,27,30)(H,28,32)(H,29,31);8-11H,1-7,15H2,(H2,16,19)(H,17,20)(H,18,21);4-6H,2-3H2,1H3;2-4H,1H2,(H,12,13)/t13-,18-,19-;14-,17-,20-;9-,10-,11-;;/m000../s1. The van der Waals surface area contributed by atoms with Crippen LogP contribution in [0, 0.1) is 46.8 Å². The minimum absolute atomic E-state index is 0.0746. The van der Waals surface area contributed by atoms with Gasteiger partial charge >= 0.3 is 11.9 Å². The lowest BCUT2D eigenvalue weighted by atomic mass is 9.91. The average molecular weight is 1650 g/mol. The third-order valence-electron chi connectivity index (χ3n) is 21.2. The molecule has 0 spiro atoms. The fourth-order valence-corrected chi connectivity index (χ4v) is 15.2. The molecule has 7 aliphatic carbocycles. The number of primary amides is 2. The van der Waals surface area contributed by atoms with Gasteiger partial charge in [0.2, 0.25) is 59.1 Å². The summed E-state index contributed by atoms with van der Waals surface area (Å²) >= 11 is 24.1. The van der Waals surface area contributed by atoms with Crippen LogP contribution in [0.1, 0.15) is 167 Å². The molecule has 14 rings (SSSR count). The highest BCUT2D eigenvalue weighted by atomic mass is 35.5. The van der Waals surface area contributed by atoms with Crippen molar-refractivity contribution in [3.8, 4) is 6.07 Å². The zero-order valence-corrected chi connectivity index (χ0v) is 66.0. The van der Waals surface area contributed by atoms with E-state index in [9.17, 15) is 62.8 Å². The molecule has 4 aromatic heterocycles. The first kappa shape index (κ1) is 86.2. The zero-order valence-electron chi connectivity index (χ0n) is 63.0. The summed E-state index contributed by atoms with van der Waals surface area (Å²) in [4.78, 5) is 161. The van der Waals surface area contributed by atoms with Crippen molar-refractivity contribution in [2.24, 2.45) is 52.7 Å². The number of amides is 10. The number of nitrogens with zero attached hydrogens (tertiary/aromatic N) is 5. The summed E-state index contributed by atoms with van der Waals surface area (Å²) in [5, 5.41) is 42.4. The highest BCUT2D eigenvalue weighted by Crippen LogP contribution is 2.38. The van der Waals surface area contributed by atoms with Gasteiger partial charge in [0.05, 0.1) is 38.8 Å². The van der Waals surface area contributed by atoms with Crippen LogP contribution in [-0.4, -0.2) is 159 Å². The number of carboxylic acid groups (broad SMARTS) is 1. The molecule has 15 N–H and O–H groups in total. The summed E-state index contributed by atoms with van der Waals surface area (Å²) < 4.78 is 4.93. The molecule has 0 aromatic carbocycles. The number of fused-ring (bicyclic) bond motifs is 4. The van der Waals surface area contributed by atoms with E-state index >= 15 is 0 Å². The second kappa shape index (κ2) is 40.7. The van der Waals surface area contributed by atoms with E-state index in [0.717, 1.165) is 102 Å². The summed E-state index contributed by atoms with van der Waals surface area (Å²) in [5.41, 5.74) is 25.5. The van der Waals surface area contributed by atoms with Gasteiger partial charge in [-0.1, -0.05) is 84.9 Å². The zero-order chi connectivity index (χ0) is 81.9. The molecule has 7 heterocycles. The van der Waals surface area contributed by atoms with Crippen LogP contribution in [0.15, 0.2) is 71.9 Å². The molecular weight excluding hydrogens is 1550 g/mol. The Morgan fingerprint density at radius 2 is 0.816 bits per heavy atom. The highest BCUT2D eigenvalue weighted by molar-refractivity contribution is 6.33. The van der Waals surface area contributed by atoms with Gasteiger partial charge in [0.25, 0.3) is 0 Å². The van der Waals surface area contributed by atoms with E-state index < -0.39 is 59.9 Å². The molecular formula is C80H94Cl4N16O14. The Morgan fingerprint density at radius 1 is 0.474 bits per heavy atom. The van der Waals surface area contributed by atoms with Crippen molar-refractivity contribution in [3.05, 3.63) is 136 Å². The number of ether oxygens (including phenoxy) is 1. The first-order valence-corrected chi connectivity index (χ1v) is 40.0. The van der Waals surface area contributed by atoms with Gasteiger partial charge in [-0.05, 0) is 148 Å². The number of hydrogen-bond donors (Lipinski definition) is 12. The lowest BCUT2D eigenvalue weighted by Gasteiger charge is -2.27. The lowest BCUT2D eigenvalue weighted by Crippen LogP contribution is -2.54. The topological polar surface area (TPSA) is 484 Å². The molecule has 30 nitrogen and oxygen atoms in total. The summed E-state index contributed by atoms with van der Waals surface area (Å²) in [6.45, 7) is 4.09. The molecule has 0 bridgehead atoms. The number of hydrogen-bond acceptors (Lipinski definition) is 19. The first-order chi connectivity index (χ1) is 54.6. The van der Waals surface area contributed by atoms with E-state index in [0.29, 0.717) is 151 Å². The highest BCUT2D eigenvalue weighted by Gasteiger charge is 2.39. The summed E-state index contributed by atoms with van der Waals surface area (Å²) in [6, 6.07) is -2.65. The van der Waals surface area contributed by atoms with Crippen LogP contribution in [0.3, 0.4) is 0 Å². The number of aliphatic carboxylic acids is 1. The smallest absolute Gasteiger partial charge is 0.334 e. The van der Waals surface area contributed by atoms with E-state index in [1.165, 1.54) is 18.6 Å². The summed E-state index contributed by atoms with van der Waals surface area (Å²) in [6.07, 6.45) is 34.6. The van der Waals surface area contributed by atoms with Gasteiger partial charge in [-0.3, -0.25) is 67.9 Å². The Labute approximate surface area is 678 Å². The fraction of sp³-hybridized carbons (Fsp3) is 0.487. The number of piperidine rings is 3. The van der Waals surface area contributed by atoms with Crippen LogP contribution >= 0.6 is 46.4 Å². The molecule has 10 aliphatic rings. The van der Waals surface area contributed by atoms with Crippen molar-refractivity contribution in [2.75, 3.05) is 26.2 Å². The van der Waals surface area contributed by atoms with E-state index in [1.807, 2.05) is 0 Å². The fourth-order valence-electron chi connectivity index (χ4n) is 14.3. The van der Waals surface area contributed by atoms with Gasteiger partial charge in [0, 0.05) is 157 Å². The number of carboxylic acids is 1. The quantitative estimate of drug-likeness (QED) is 0.0317.